The van der Waals surface area contributed by atoms with Crippen LogP contribution in [-0.2, 0) is 24.4 Å². The second kappa shape index (κ2) is 17.5. The van der Waals surface area contributed by atoms with E-state index in [9.17, 15) is 27.6 Å². The Morgan fingerprint density at radius 2 is 1.42 bits per heavy atom. The van der Waals surface area contributed by atoms with Gasteiger partial charge in [-0.3, -0.25) is 4.79 Å². The van der Waals surface area contributed by atoms with Gasteiger partial charge in [-0.05, 0) is 19.3 Å². The van der Waals surface area contributed by atoms with E-state index in [1.54, 1.807) is 0 Å². The van der Waals surface area contributed by atoms with E-state index >= 15 is 0 Å². The van der Waals surface area contributed by atoms with Gasteiger partial charge in [0.05, 0.1) is 6.26 Å². The lowest BCUT2D eigenvalue weighted by Gasteiger charge is -2.13. The quantitative estimate of drug-likeness (QED) is 0.169. The third kappa shape index (κ3) is 19.5. The van der Waals surface area contributed by atoms with Gasteiger partial charge in [0.2, 0.25) is 15.9 Å². The molecule has 31 heavy (non-hydrogen) atoms. The van der Waals surface area contributed by atoms with Crippen LogP contribution in [0.1, 0.15) is 83.5 Å². The molecule has 0 saturated carbocycles. The second-order valence-electron chi connectivity index (χ2n) is 7.62. The minimum Gasteiger partial charge on any atom is -0.480 e. The number of hydrogen-bond donors (Lipinski definition) is 4. The van der Waals surface area contributed by atoms with Crippen molar-refractivity contribution in [2.45, 2.75) is 89.5 Å². The van der Waals surface area contributed by atoms with Crippen LogP contribution in [0.4, 0.5) is 4.79 Å². The molecule has 0 aliphatic heterocycles. The molecule has 0 aliphatic carbocycles. The van der Waals surface area contributed by atoms with Gasteiger partial charge in [-0.15, -0.1) is 0 Å². The molecule has 0 rings (SSSR count). The van der Waals surface area contributed by atoms with Gasteiger partial charge in [-0.25, -0.2) is 22.7 Å². The lowest BCUT2D eigenvalue weighted by Crippen LogP contribution is -2.40. The minimum atomic E-state index is -3.52. The lowest BCUT2D eigenvalue weighted by molar-refractivity contribution is -0.142. The van der Waals surface area contributed by atoms with Gasteiger partial charge in [0, 0.05) is 19.4 Å². The highest BCUT2D eigenvalue weighted by molar-refractivity contribution is 7.89. The molecule has 0 fully saturated rings. The summed E-state index contributed by atoms with van der Waals surface area (Å²) in [4.78, 5) is 44.4. The highest BCUT2D eigenvalue weighted by Crippen LogP contribution is 2.11. The number of carboxylic acid groups (broad SMARTS) is 1. The molecule has 11 heteroatoms. The fourth-order valence-corrected chi connectivity index (χ4v) is 3.40. The van der Waals surface area contributed by atoms with E-state index in [2.05, 4.69) is 10.6 Å². The Kier molecular flexibility index (Phi) is 16.3. The Morgan fingerprint density at radius 1 is 0.903 bits per heavy atom. The molecular formula is C20H37N3O7S. The highest BCUT2D eigenvalue weighted by Gasteiger charge is 2.18. The first-order valence-electron chi connectivity index (χ1n) is 10.9. The van der Waals surface area contributed by atoms with E-state index in [4.69, 9.17) is 5.11 Å². The fraction of sp³-hybridized carbons (Fsp3) is 0.800. The number of urea groups is 1. The van der Waals surface area contributed by atoms with E-state index in [0.29, 0.717) is 25.7 Å². The first-order chi connectivity index (χ1) is 14.7. The molecule has 0 saturated heterocycles. The first-order valence-corrected chi connectivity index (χ1v) is 12.8. The molecule has 3 amide bonds. The Labute approximate surface area is 185 Å². The number of amides is 3. The van der Waals surface area contributed by atoms with E-state index < -0.39 is 28.1 Å². The smallest absolute Gasteiger partial charge is 0.328 e. The number of unbranched alkanes of at least 4 members (excludes halogenated alkanes) is 9. The average Bonchev–Trinajstić information content (AvgIpc) is 2.67. The average molecular weight is 464 g/mol. The molecule has 0 aromatic carbocycles. The molecule has 0 radical (unpaired) electrons. The molecule has 0 aliphatic rings. The van der Waals surface area contributed by atoms with Crippen LogP contribution < -0.4 is 15.4 Å². The summed E-state index contributed by atoms with van der Waals surface area (Å²) < 4.78 is 23.6. The second-order valence-corrected chi connectivity index (χ2v) is 9.37. The van der Waals surface area contributed by atoms with Gasteiger partial charge in [-0.1, -0.05) is 51.4 Å². The van der Waals surface area contributed by atoms with Crippen molar-refractivity contribution in [1.29, 1.82) is 0 Å². The zero-order chi connectivity index (χ0) is 23.5. The van der Waals surface area contributed by atoms with Crippen molar-refractivity contribution < 1.29 is 32.7 Å². The zero-order valence-electron chi connectivity index (χ0n) is 18.4. The molecule has 0 bridgehead atoms. The summed E-state index contributed by atoms with van der Waals surface area (Å²) >= 11 is 0. The number of aliphatic carboxylic acids is 1. The Hall–Kier alpha value is -2.17. The maximum atomic E-state index is 11.8. The summed E-state index contributed by atoms with van der Waals surface area (Å²) in [6.45, 7) is 0.444. The van der Waals surface area contributed by atoms with Crippen molar-refractivity contribution in [2.24, 2.45) is 0 Å². The monoisotopic (exact) mass is 463 g/mol. The Balaban J connectivity index is 3.50. The number of sulfonamides is 1. The molecule has 10 nitrogen and oxygen atoms in total. The van der Waals surface area contributed by atoms with Gasteiger partial charge >= 0.3 is 12.0 Å². The van der Waals surface area contributed by atoms with Crippen LogP contribution >= 0.6 is 0 Å². The van der Waals surface area contributed by atoms with Crippen molar-refractivity contribution >= 4 is 34.2 Å². The fourth-order valence-electron chi connectivity index (χ4n) is 2.99. The molecule has 4 N–H and O–H groups in total. The standard InChI is InChI=1S/C20H37N3O7S/c1-31(29,30)23-20(28)21-15-11-9-7-5-3-2-4-6-8-10-14-18(25)22-17(19(26)27)13-12-16-24/h16-17H,2-15H2,1H3,(H,22,25)(H,26,27)(H2,21,23,28). The van der Waals surface area contributed by atoms with Crippen LogP contribution in [0.3, 0.4) is 0 Å². The van der Waals surface area contributed by atoms with Crippen LogP contribution in [0.25, 0.3) is 0 Å². The maximum absolute atomic E-state index is 11.8. The molecule has 1 atom stereocenters. The van der Waals surface area contributed by atoms with Gasteiger partial charge in [0.25, 0.3) is 0 Å². The van der Waals surface area contributed by atoms with E-state index in [1.165, 1.54) is 0 Å². The summed E-state index contributed by atoms with van der Waals surface area (Å²) in [7, 11) is -3.52. The lowest BCUT2D eigenvalue weighted by atomic mass is 10.1. The van der Waals surface area contributed by atoms with E-state index in [1.807, 2.05) is 4.72 Å². The van der Waals surface area contributed by atoms with E-state index in [0.717, 1.165) is 64.0 Å². The Morgan fingerprint density at radius 3 is 1.90 bits per heavy atom. The van der Waals surface area contributed by atoms with Crippen molar-refractivity contribution in [2.75, 3.05) is 12.8 Å². The van der Waals surface area contributed by atoms with Crippen molar-refractivity contribution in [1.82, 2.24) is 15.4 Å². The van der Waals surface area contributed by atoms with Gasteiger partial charge < -0.3 is 20.5 Å². The van der Waals surface area contributed by atoms with Gasteiger partial charge in [0.15, 0.2) is 0 Å². The Bertz CT molecular complexity index is 653. The van der Waals surface area contributed by atoms with E-state index in [-0.39, 0.29) is 18.7 Å². The topological polar surface area (TPSA) is 159 Å². The maximum Gasteiger partial charge on any atom is 0.328 e. The van der Waals surface area contributed by atoms with Crippen molar-refractivity contribution in [3.05, 3.63) is 0 Å². The SMILES string of the molecule is CS(=O)(=O)NC(=O)NCCCCCCCCCCCCC(=O)NC(CCC=O)C(=O)O. The molecule has 0 heterocycles. The third-order valence-electron chi connectivity index (χ3n) is 4.60. The number of aldehydes is 1. The molecular weight excluding hydrogens is 426 g/mol. The molecule has 1 unspecified atom stereocenters. The van der Waals surface area contributed by atoms with Crippen LogP contribution in [0.5, 0.6) is 0 Å². The number of nitrogens with one attached hydrogen (secondary N) is 3. The number of rotatable bonds is 19. The predicted octanol–water partition coefficient (Wildman–Crippen LogP) is 2.08. The minimum absolute atomic E-state index is 0.108. The summed E-state index contributed by atoms with van der Waals surface area (Å²) in [5, 5.41) is 14.0. The van der Waals surface area contributed by atoms with Gasteiger partial charge in [-0.2, -0.15) is 0 Å². The molecule has 0 aromatic heterocycles. The molecule has 180 valence electrons. The normalized spacial score (nSPS) is 12.0. The van der Waals surface area contributed by atoms with Crippen LogP contribution in [0.15, 0.2) is 0 Å². The number of carbonyl (C=O) groups is 4. The third-order valence-corrected chi connectivity index (χ3v) is 5.16. The van der Waals surface area contributed by atoms with Crippen LogP contribution in [0.2, 0.25) is 0 Å². The number of hydrogen-bond acceptors (Lipinski definition) is 6. The van der Waals surface area contributed by atoms with Gasteiger partial charge in [0.1, 0.15) is 12.3 Å². The number of carbonyl (C=O) groups excluding carboxylic acids is 3. The largest absolute Gasteiger partial charge is 0.480 e. The highest BCUT2D eigenvalue weighted by atomic mass is 32.2. The zero-order valence-corrected chi connectivity index (χ0v) is 19.2. The predicted molar refractivity (Wildman–Crippen MR) is 117 cm³/mol. The molecule has 0 spiro atoms. The van der Waals surface area contributed by atoms with Crippen LogP contribution in [-0.4, -0.2) is 56.6 Å². The first kappa shape index (κ1) is 28.8. The molecule has 0 aromatic rings. The van der Waals surface area contributed by atoms with Crippen molar-refractivity contribution in [3.8, 4) is 0 Å². The van der Waals surface area contributed by atoms with Crippen LogP contribution in [0, 0.1) is 0 Å². The number of carboxylic acids is 1. The summed E-state index contributed by atoms with van der Waals surface area (Å²) in [5.74, 6) is -1.41. The summed E-state index contributed by atoms with van der Waals surface area (Å²) in [6, 6.07) is -1.70. The van der Waals surface area contributed by atoms with Crippen molar-refractivity contribution in [3.63, 3.8) is 0 Å². The summed E-state index contributed by atoms with van der Waals surface area (Å²) in [5.41, 5.74) is 0. The summed E-state index contributed by atoms with van der Waals surface area (Å²) in [6.07, 6.45) is 12.0.